The minimum atomic E-state index is -1.45. The summed E-state index contributed by atoms with van der Waals surface area (Å²) in [6.45, 7) is 11.1. The van der Waals surface area contributed by atoms with E-state index in [0.717, 1.165) is 5.57 Å². The Morgan fingerprint density at radius 1 is 1.12 bits per heavy atom. The summed E-state index contributed by atoms with van der Waals surface area (Å²) in [6, 6.07) is 0. The van der Waals surface area contributed by atoms with Gasteiger partial charge in [0.2, 0.25) is 0 Å². The Bertz CT molecular complexity index is 577. The molecule has 0 aromatic rings. The summed E-state index contributed by atoms with van der Waals surface area (Å²) in [4.78, 5) is 28.1. The number of unbranched alkanes of at least 4 members (excludes halogenated alkanes) is 1. The Morgan fingerprint density at radius 3 is 2.12 bits per heavy atom. The van der Waals surface area contributed by atoms with Crippen LogP contribution in [0.2, 0.25) is 0 Å². The molecule has 0 aromatic carbocycles. The maximum Gasteiger partial charge on any atom is 0.324 e. The second kappa shape index (κ2) is 12.0. The number of hydrogen-bond donors (Lipinski definition) is 0. The van der Waals surface area contributed by atoms with Crippen LogP contribution in [0.25, 0.3) is 5.53 Å². The highest BCUT2D eigenvalue weighted by atomic mass is 16.6. The molecule has 0 amide bonds. The van der Waals surface area contributed by atoms with E-state index >= 15 is 0 Å². The minimum Gasteiger partial charge on any atom is -0.465 e. The number of ether oxygens (including phenoxy) is 2. The third-order valence-electron chi connectivity index (χ3n) is 3.37. The van der Waals surface area contributed by atoms with Crippen molar-refractivity contribution >= 4 is 18.2 Å². The van der Waals surface area contributed by atoms with Crippen LogP contribution in [0, 0.1) is 5.41 Å². The molecule has 25 heavy (non-hydrogen) atoms. The smallest absolute Gasteiger partial charge is 0.324 e. The average Bonchev–Trinajstić information content (AvgIpc) is 2.53. The zero-order chi connectivity index (χ0) is 19.3. The molecule has 0 aliphatic carbocycles. The molecule has 0 aliphatic heterocycles. The van der Waals surface area contributed by atoms with Gasteiger partial charge in [0.1, 0.15) is 0 Å². The lowest BCUT2D eigenvalue weighted by atomic mass is 9.76. The Kier molecular flexibility index (Phi) is 10.9. The maximum absolute atomic E-state index is 12.6. The molecule has 0 fully saturated rings. The molecule has 6 nitrogen and oxygen atoms in total. The number of rotatable bonds is 11. The number of esters is 2. The van der Waals surface area contributed by atoms with E-state index in [0.29, 0.717) is 18.4 Å². The number of hydrogen-bond acceptors (Lipinski definition) is 4. The number of carbonyl (C=O) groups excluding carboxylic acids is 2. The highest BCUT2D eigenvalue weighted by Crippen LogP contribution is 2.36. The zero-order valence-electron chi connectivity index (χ0n) is 15.6. The van der Waals surface area contributed by atoms with E-state index in [-0.39, 0.29) is 26.1 Å². The van der Waals surface area contributed by atoms with Gasteiger partial charge in [0.15, 0.2) is 5.41 Å². The fraction of sp³-hybridized carbons (Fsp3) is 0.579. The lowest BCUT2D eigenvalue weighted by Crippen LogP contribution is -2.42. The van der Waals surface area contributed by atoms with Crippen LogP contribution in [0.1, 0.15) is 53.4 Å². The van der Waals surface area contributed by atoms with Crippen molar-refractivity contribution in [3.63, 3.8) is 0 Å². The third-order valence-corrected chi connectivity index (χ3v) is 3.37. The van der Waals surface area contributed by atoms with Crippen LogP contribution in [-0.4, -0.2) is 36.2 Å². The predicted octanol–water partition coefficient (Wildman–Crippen LogP) is 3.64. The molecular formula is C19H28N2O4. The molecule has 0 N–H and O–H groups in total. The van der Waals surface area contributed by atoms with Crippen LogP contribution in [0.4, 0.5) is 0 Å². The summed E-state index contributed by atoms with van der Waals surface area (Å²) in [6.07, 6.45) is 4.66. The van der Waals surface area contributed by atoms with Crippen molar-refractivity contribution in [3.05, 3.63) is 35.1 Å². The van der Waals surface area contributed by atoms with Crippen molar-refractivity contribution in [1.82, 2.24) is 0 Å². The molecule has 0 bridgehead atoms. The first-order valence-electron chi connectivity index (χ1n) is 8.39. The van der Waals surface area contributed by atoms with Crippen molar-refractivity contribution in [2.75, 3.05) is 13.2 Å². The van der Waals surface area contributed by atoms with Gasteiger partial charge in [-0.15, -0.1) is 12.3 Å². The average molecular weight is 348 g/mol. The lowest BCUT2D eigenvalue weighted by molar-refractivity contribution is -0.172. The van der Waals surface area contributed by atoms with Crippen molar-refractivity contribution in [1.29, 1.82) is 0 Å². The highest BCUT2D eigenvalue weighted by Gasteiger charge is 2.48. The van der Waals surface area contributed by atoms with Gasteiger partial charge in [-0.05, 0) is 52.2 Å². The second-order valence-corrected chi connectivity index (χ2v) is 5.84. The van der Waals surface area contributed by atoms with Crippen molar-refractivity contribution in [3.8, 4) is 0 Å². The first-order valence-corrected chi connectivity index (χ1v) is 8.39. The standard InChI is InChI=1S/C19H28N2O4/c1-6-24-17(22)19(13-15(3)4,18(23)25-7-2)14-16(5)11-9-8-10-12-21-20/h9,12H,3,6-8,10,13-14H2,1-2,4-5H3. The van der Waals surface area contributed by atoms with Crippen LogP contribution < -0.4 is 0 Å². The molecule has 6 heteroatoms. The molecule has 0 rings (SSSR count). The van der Waals surface area contributed by atoms with Gasteiger partial charge in [-0.1, -0.05) is 5.57 Å². The Labute approximate surface area is 149 Å². The van der Waals surface area contributed by atoms with Crippen molar-refractivity contribution < 1.29 is 23.9 Å². The zero-order valence-corrected chi connectivity index (χ0v) is 15.6. The molecule has 138 valence electrons. The van der Waals surface area contributed by atoms with Gasteiger partial charge < -0.3 is 15.0 Å². The predicted molar refractivity (Wildman–Crippen MR) is 95.9 cm³/mol. The number of allylic oxidation sites excluding steroid dienone is 2. The van der Waals surface area contributed by atoms with Gasteiger partial charge in [0, 0.05) is 12.8 Å². The molecular weight excluding hydrogens is 320 g/mol. The molecule has 0 radical (unpaired) electrons. The van der Waals surface area contributed by atoms with Gasteiger partial charge in [0.05, 0.1) is 13.2 Å². The summed E-state index contributed by atoms with van der Waals surface area (Å²) in [5.41, 5.74) is 11.4. The topological polar surface area (TPSA) is 89.0 Å². The van der Waals surface area contributed by atoms with E-state index in [4.69, 9.17) is 15.0 Å². The maximum atomic E-state index is 12.6. The van der Waals surface area contributed by atoms with Crippen LogP contribution >= 0.6 is 0 Å². The van der Waals surface area contributed by atoms with Gasteiger partial charge in [-0.25, -0.2) is 0 Å². The van der Waals surface area contributed by atoms with Crippen molar-refractivity contribution in [2.45, 2.75) is 53.4 Å². The molecule has 0 aromatic heterocycles. The van der Waals surface area contributed by atoms with Gasteiger partial charge >= 0.3 is 11.9 Å². The monoisotopic (exact) mass is 348 g/mol. The lowest BCUT2D eigenvalue weighted by Gasteiger charge is -2.29. The normalized spacial score (nSPS) is 10.1. The summed E-state index contributed by atoms with van der Waals surface area (Å²) < 4.78 is 10.3. The summed E-state index contributed by atoms with van der Waals surface area (Å²) in [7, 11) is 0. The van der Waals surface area contributed by atoms with Crippen LogP contribution in [-0.2, 0) is 19.1 Å². The second-order valence-electron chi connectivity index (χ2n) is 5.84. The highest BCUT2D eigenvalue weighted by molar-refractivity contribution is 6.00. The molecule has 0 heterocycles. The van der Waals surface area contributed by atoms with Gasteiger partial charge in [-0.2, -0.15) is 4.79 Å². The van der Waals surface area contributed by atoms with E-state index in [1.807, 2.05) is 0 Å². The van der Waals surface area contributed by atoms with Gasteiger partial charge in [0.25, 0.3) is 6.21 Å². The van der Waals surface area contributed by atoms with Gasteiger partial charge in [-0.3, -0.25) is 9.59 Å². The van der Waals surface area contributed by atoms with E-state index < -0.39 is 17.4 Å². The van der Waals surface area contributed by atoms with Crippen LogP contribution in [0.5, 0.6) is 0 Å². The molecule has 0 spiro atoms. The molecule has 0 atom stereocenters. The van der Waals surface area contributed by atoms with E-state index in [1.54, 1.807) is 33.8 Å². The summed E-state index contributed by atoms with van der Waals surface area (Å²) >= 11 is 0. The van der Waals surface area contributed by atoms with Crippen LogP contribution in [0.3, 0.4) is 0 Å². The fourth-order valence-corrected chi connectivity index (χ4v) is 2.45. The molecule has 0 unspecified atom stereocenters. The molecule has 0 saturated carbocycles. The molecule has 0 aliphatic rings. The van der Waals surface area contributed by atoms with E-state index in [9.17, 15) is 9.59 Å². The SMILES string of the molecule is C=C(C)CC(CC(C)=C=CCCC=[N+]=[N-])(C(=O)OCC)C(=O)OCC. The Balaban J connectivity index is 5.70. The minimum absolute atomic E-state index is 0.141. The first kappa shape index (κ1) is 22.6. The van der Waals surface area contributed by atoms with Crippen molar-refractivity contribution in [2.24, 2.45) is 5.41 Å². The first-order chi connectivity index (χ1) is 11.8. The Hall–Kier alpha value is -2.42. The fourth-order valence-electron chi connectivity index (χ4n) is 2.45. The summed E-state index contributed by atoms with van der Waals surface area (Å²) in [5.74, 6) is -1.21. The Morgan fingerprint density at radius 2 is 1.68 bits per heavy atom. The molecule has 0 saturated heterocycles. The quantitative estimate of drug-likeness (QED) is 0.0833. The van der Waals surface area contributed by atoms with E-state index in [2.05, 4.69) is 17.1 Å². The largest absolute Gasteiger partial charge is 0.465 e. The van der Waals surface area contributed by atoms with Crippen LogP contribution in [0.15, 0.2) is 29.5 Å². The third kappa shape index (κ3) is 7.79. The number of carbonyl (C=O) groups is 2. The summed E-state index contributed by atoms with van der Waals surface area (Å²) in [5, 5.41) is 0. The number of nitrogens with zero attached hydrogens (tertiary/aromatic N) is 2. The van der Waals surface area contributed by atoms with E-state index in [1.165, 1.54) is 6.21 Å².